The molecule has 1 aromatic carbocycles. The van der Waals surface area contributed by atoms with Crippen LogP contribution in [0.3, 0.4) is 0 Å². The Morgan fingerprint density at radius 3 is 2.88 bits per heavy atom. The number of ether oxygens (including phenoxy) is 1. The molecule has 0 unspecified atom stereocenters. The fraction of sp³-hybridized carbons (Fsp3) is 0.364. The fourth-order valence-electron chi connectivity index (χ4n) is 1.19. The lowest BCUT2D eigenvalue weighted by molar-refractivity contribution is 0.196. The number of thiocarbonyl (C=S) groups is 1. The van der Waals surface area contributed by atoms with Crippen LogP contribution in [0.2, 0.25) is 0 Å². The number of nitrogens with one attached hydrogen (secondary N) is 2. The van der Waals surface area contributed by atoms with Crippen LogP contribution in [-0.2, 0) is 4.74 Å². The van der Waals surface area contributed by atoms with Crippen LogP contribution >= 0.6 is 12.2 Å². The predicted molar refractivity (Wildman–Crippen MR) is 67.1 cm³/mol. The Kier molecular flexibility index (Phi) is 5.79. The van der Waals surface area contributed by atoms with Gasteiger partial charge >= 0.3 is 0 Å². The Morgan fingerprint density at radius 1 is 1.41 bits per heavy atom. The monoisotopic (exact) mass is 260 g/mol. The van der Waals surface area contributed by atoms with Gasteiger partial charge in [0, 0.05) is 20.3 Å². The molecule has 0 aliphatic heterocycles. The zero-order chi connectivity index (χ0) is 12.7. The second-order valence-corrected chi connectivity index (χ2v) is 3.74. The topological polar surface area (TPSA) is 33.3 Å². The SMILES string of the molecule is COCCCNC(=S)Nc1cccc(F)c1F. The van der Waals surface area contributed by atoms with Gasteiger partial charge in [0.2, 0.25) is 0 Å². The second kappa shape index (κ2) is 7.13. The van der Waals surface area contributed by atoms with Gasteiger partial charge in [-0.3, -0.25) is 0 Å². The maximum absolute atomic E-state index is 13.3. The van der Waals surface area contributed by atoms with E-state index in [9.17, 15) is 8.78 Å². The third-order valence-corrected chi connectivity index (χ3v) is 2.26. The van der Waals surface area contributed by atoms with E-state index in [0.717, 1.165) is 12.5 Å². The molecular formula is C11H14F2N2OS. The Hall–Kier alpha value is -1.27. The highest BCUT2D eigenvalue weighted by Crippen LogP contribution is 2.16. The van der Waals surface area contributed by atoms with Crippen molar-refractivity contribution in [3.8, 4) is 0 Å². The number of hydrogen-bond acceptors (Lipinski definition) is 2. The summed E-state index contributed by atoms with van der Waals surface area (Å²) in [6.45, 7) is 1.22. The van der Waals surface area contributed by atoms with Crippen molar-refractivity contribution in [1.29, 1.82) is 0 Å². The van der Waals surface area contributed by atoms with E-state index < -0.39 is 11.6 Å². The highest BCUT2D eigenvalue weighted by Gasteiger charge is 2.08. The molecule has 0 aliphatic rings. The largest absolute Gasteiger partial charge is 0.385 e. The first-order chi connectivity index (χ1) is 8.15. The van der Waals surface area contributed by atoms with Crippen molar-refractivity contribution in [3.05, 3.63) is 29.8 Å². The molecule has 0 atom stereocenters. The molecule has 0 saturated carbocycles. The van der Waals surface area contributed by atoms with Gasteiger partial charge in [-0.1, -0.05) is 6.07 Å². The van der Waals surface area contributed by atoms with Gasteiger partial charge in [0.25, 0.3) is 0 Å². The van der Waals surface area contributed by atoms with Crippen molar-refractivity contribution in [1.82, 2.24) is 5.32 Å². The van der Waals surface area contributed by atoms with Crippen molar-refractivity contribution < 1.29 is 13.5 Å². The fourth-order valence-corrected chi connectivity index (χ4v) is 1.40. The minimum atomic E-state index is -0.937. The molecule has 0 radical (unpaired) electrons. The number of hydrogen-bond donors (Lipinski definition) is 2. The summed E-state index contributed by atoms with van der Waals surface area (Å²) < 4.78 is 31.0. The van der Waals surface area contributed by atoms with E-state index in [1.807, 2.05) is 0 Å². The van der Waals surface area contributed by atoms with E-state index in [1.165, 1.54) is 12.1 Å². The molecule has 3 nitrogen and oxygen atoms in total. The Morgan fingerprint density at radius 2 is 2.18 bits per heavy atom. The Labute approximate surface area is 104 Å². The van der Waals surface area contributed by atoms with Crippen molar-refractivity contribution in [2.75, 3.05) is 25.6 Å². The summed E-state index contributed by atoms with van der Waals surface area (Å²) in [5, 5.41) is 5.71. The molecule has 0 fully saturated rings. The van der Waals surface area contributed by atoms with Crippen LogP contribution in [0.1, 0.15) is 6.42 Å². The molecule has 0 heterocycles. The average Bonchev–Trinajstić information content (AvgIpc) is 2.31. The van der Waals surface area contributed by atoms with E-state index in [-0.39, 0.29) is 10.8 Å². The molecule has 0 spiro atoms. The molecule has 94 valence electrons. The number of benzene rings is 1. The van der Waals surface area contributed by atoms with Gasteiger partial charge < -0.3 is 15.4 Å². The van der Waals surface area contributed by atoms with E-state index in [1.54, 1.807) is 7.11 Å². The smallest absolute Gasteiger partial charge is 0.182 e. The Bertz CT molecular complexity index is 388. The summed E-state index contributed by atoms with van der Waals surface area (Å²) in [5.74, 6) is -1.84. The summed E-state index contributed by atoms with van der Waals surface area (Å²) in [7, 11) is 1.61. The predicted octanol–water partition coefficient (Wildman–Crippen LogP) is 2.29. The van der Waals surface area contributed by atoms with Gasteiger partial charge in [0.05, 0.1) is 5.69 Å². The van der Waals surface area contributed by atoms with E-state index >= 15 is 0 Å². The minimum Gasteiger partial charge on any atom is -0.385 e. The van der Waals surface area contributed by atoms with Crippen LogP contribution in [-0.4, -0.2) is 25.4 Å². The molecule has 6 heteroatoms. The number of halogens is 2. The van der Waals surface area contributed by atoms with Gasteiger partial charge in [-0.05, 0) is 30.8 Å². The van der Waals surface area contributed by atoms with Crippen LogP contribution in [0.5, 0.6) is 0 Å². The van der Waals surface area contributed by atoms with E-state index in [4.69, 9.17) is 17.0 Å². The van der Waals surface area contributed by atoms with Crippen molar-refractivity contribution >= 4 is 23.0 Å². The first-order valence-corrected chi connectivity index (χ1v) is 5.53. The molecule has 2 N–H and O–H groups in total. The number of anilines is 1. The van der Waals surface area contributed by atoms with Gasteiger partial charge in [0.15, 0.2) is 16.7 Å². The highest BCUT2D eigenvalue weighted by molar-refractivity contribution is 7.80. The highest BCUT2D eigenvalue weighted by atomic mass is 32.1. The molecule has 17 heavy (non-hydrogen) atoms. The number of methoxy groups -OCH3 is 1. The molecule has 0 aliphatic carbocycles. The molecule has 0 amide bonds. The molecule has 0 bridgehead atoms. The van der Waals surface area contributed by atoms with Crippen LogP contribution in [0.15, 0.2) is 18.2 Å². The summed E-state index contributed by atoms with van der Waals surface area (Å²) in [6, 6.07) is 3.88. The summed E-state index contributed by atoms with van der Waals surface area (Å²) in [5.41, 5.74) is 0.0224. The minimum absolute atomic E-state index is 0.0224. The first kappa shape index (κ1) is 13.8. The van der Waals surface area contributed by atoms with Crippen LogP contribution < -0.4 is 10.6 Å². The van der Waals surface area contributed by atoms with E-state index in [0.29, 0.717) is 13.2 Å². The van der Waals surface area contributed by atoms with Crippen molar-refractivity contribution in [2.45, 2.75) is 6.42 Å². The summed E-state index contributed by atoms with van der Waals surface area (Å²) in [4.78, 5) is 0. The lowest BCUT2D eigenvalue weighted by atomic mass is 10.3. The maximum Gasteiger partial charge on any atom is 0.182 e. The third-order valence-electron chi connectivity index (χ3n) is 2.01. The van der Waals surface area contributed by atoms with Crippen LogP contribution in [0.25, 0.3) is 0 Å². The normalized spacial score (nSPS) is 10.1. The van der Waals surface area contributed by atoms with Crippen molar-refractivity contribution in [2.24, 2.45) is 0 Å². The quantitative estimate of drug-likeness (QED) is 0.628. The van der Waals surface area contributed by atoms with Crippen molar-refractivity contribution in [3.63, 3.8) is 0 Å². The lowest BCUT2D eigenvalue weighted by Crippen LogP contribution is -2.30. The summed E-state index contributed by atoms with van der Waals surface area (Å²) in [6.07, 6.45) is 0.782. The molecular weight excluding hydrogens is 246 g/mol. The lowest BCUT2D eigenvalue weighted by Gasteiger charge is -2.11. The third kappa shape index (κ3) is 4.62. The molecule has 0 aromatic heterocycles. The zero-order valence-corrected chi connectivity index (χ0v) is 10.2. The molecule has 0 saturated heterocycles. The average molecular weight is 260 g/mol. The summed E-state index contributed by atoms with van der Waals surface area (Å²) >= 11 is 4.94. The van der Waals surface area contributed by atoms with Gasteiger partial charge in [-0.15, -0.1) is 0 Å². The van der Waals surface area contributed by atoms with Gasteiger partial charge in [-0.25, -0.2) is 8.78 Å². The van der Waals surface area contributed by atoms with Crippen LogP contribution in [0.4, 0.5) is 14.5 Å². The molecule has 1 rings (SSSR count). The maximum atomic E-state index is 13.3. The van der Waals surface area contributed by atoms with Gasteiger partial charge in [0.1, 0.15) is 0 Å². The number of rotatable bonds is 5. The Balaban J connectivity index is 2.43. The first-order valence-electron chi connectivity index (χ1n) is 5.13. The molecule has 1 aromatic rings. The van der Waals surface area contributed by atoms with Gasteiger partial charge in [-0.2, -0.15) is 0 Å². The zero-order valence-electron chi connectivity index (χ0n) is 9.43. The van der Waals surface area contributed by atoms with Crippen LogP contribution in [0, 0.1) is 11.6 Å². The standard InChI is InChI=1S/C11H14F2N2OS/c1-16-7-3-6-14-11(17)15-9-5-2-4-8(12)10(9)13/h2,4-5H,3,6-7H2,1H3,(H2,14,15,17). The second-order valence-electron chi connectivity index (χ2n) is 3.33. The van der Waals surface area contributed by atoms with E-state index in [2.05, 4.69) is 10.6 Å².